The van der Waals surface area contributed by atoms with E-state index >= 15 is 0 Å². The monoisotopic (exact) mass is 230 g/mol. The number of hydrogen-bond donors (Lipinski definition) is 2. The molecular weight excluding hydrogens is 216 g/mol. The molecule has 1 atom stereocenters. The van der Waals surface area contributed by atoms with Gasteiger partial charge in [0, 0.05) is 12.8 Å². The van der Waals surface area contributed by atoms with E-state index in [0.717, 1.165) is 10.7 Å². The number of aromatic nitrogens is 2. The summed E-state index contributed by atoms with van der Waals surface area (Å²) in [6.07, 6.45) is -1.04. The third kappa shape index (κ3) is 3.93. The third-order valence-corrected chi connectivity index (χ3v) is 3.02. The fourth-order valence-electron chi connectivity index (χ4n) is 1.16. The first kappa shape index (κ1) is 12.1. The molecule has 0 aliphatic carbocycles. The second-order valence-electron chi connectivity index (χ2n) is 3.31. The molecule has 0 fully saturated rings. The van der Waals surface area contributed by atoms with Crippen LogP contribution in [-0.2, 0) is 11.8 Å². The quantitative estimate of drug-likeness (QED) is 0.727. The zero-order valence-electron chi connectivity index (χ0n) is 8.67. The fourth-order valence-corrected chi connectivity index (χ4v) is 2.13. The highest BCUT2D eigenvalue weighted by molar-refractivity contribution is 7.99. The van der Waals surface area contributed by atoms with Crippen molar-refractivity contribution in [1.29, 1.82) is 0 Å². The summed E-state index contributed by atoms with van der Waals surface area (Å²) in [6.45, 7) is 1.89. The van der Waals surface area contributed by atoms with Crippen molar-refractivity contribution in [3.8, 4) is 0 Å². The normalized spacial score (nSPS) is 12.7. The Labute approximate surface area is 92.1 Å². The predicted molar refractivity (Wildman–Crippen MR) is 56.9 cm³/mol. The van der Waals surface area contributed by atoms with Crippen molar-refractivity contribution in [2.75, 3.05) is 5.75 Å². The summed E-state index contributed by atoms with van der Waals surface area (Å²) in [5, 5.41) is 22.9. The Morgan fingerprint density at radius 2 is 2.40 bits per heavy atom. The van der Waals surface area contributed by atoms with Crippen LogP contribution in [-0.4, -0.2) is 37.8 Å². The van der Waals surface area contributed by atoms with Gasteiger partial charge in [0.2, 0.25) is 0 Å². The number of hydrogen-bond acceptors (Lipinski definition) is 4. The number of thioether (sulfide) groups is 1. The SMILES string of the molecule is Cc1cc(SCC(O)CC(=O)O)n(C)n1. The summed E-state index contributed by atoms with van der Waals surface area (Å²) in [4.78, 5) is 10.3. The Bertz CT molecular complexity index is 351. The highest BCUT2D eigenvalue weighted by Gasteiger charge is 2.11. The van der Waals surface area contributed by atoms with Crippen LogP contribution in [0.15, 0.2) is 11.1 Å². The van der Waals surface area contributed by atoms with Crippen LogP contribution in [0, 0.1) is 6.92 Å². The van der Waals surface area contributed by atoms with Gasteiger partial charge in [-0.3, -0.25) is 9.48 Å². The van der Waals surface area contributed by atoms with E-state index in [4.69, 9.17) is 5.11 Å². The summed E-state index contributed by atoms with van der Waals surface area (Å²) in [6, 6.07) is 1.90. The lowest BCUT2D eigenvalue weighted by molar-refractivity contribution is -0.138. The van der Waals surface area contributed by atoms with Crippen LogP contribution in [0.1, 0.15) is 12.1 Å². The molecule has 0 aliphatic heterocycles. The van der Waals surface area contributed by atoms with Crippen LogP contribution in [0.2, 0.25) is 0 Å². The third-order valence-electron chi connectivity index (χ3n) is 1.79. The van der Waals surface area contributed by atoms with Gasteiger partial charge >= 0.3 is 5.97 Å². The average molecular weight is 230 g/mol. The smallest absolute Gasteiger partial charge is 0.306 e. The van der Waals surface area contributed by atoms with E-state index in [0.29, 0.717) is 5.75 Å². The number of aryl methyl sites for hydroxylation is 2. The zero-order chi connectivity index (χ0) is 11.4. The largest absolute Gasteiger partial charge is 0.481 e. The standard InChI is InChI=1S/C9H14N2O3S/c1-6-3-8(11(2)10-6)15-5-7(12)4-9(13)14/h3,7,12H,4-5H2,1-2H3,(H,13,14). The molecule has 1 heterocycles. The van der Waals surface area contributed by atoms with Gasteiger partial charge < -0.3 is 10.2 Å². The maximum absolute atomic E-state index is 10.3. The van der Waals surface area contributed by atoms with E-state index in [1.54, 1.807) is 4.68 Å². The lowest BCUT2D eigenvalue weighted by Crippen LogP contribution is -2.15. The number of aliphatic hydroxyl groups excluding tert-OH is 1. The van der Waals surface area contributed by atoms with Crippen LogP contribution < -0.4 is 0 Å². The summed E-state index contributed by atoms with van der Waals surface area (Å²) >= 11 is 1.41. The van der Waals surface area contributed by atoms with Gasteiger partial charge in [0.05, 0.1) is 23.2 Å². The van der Waals surface area contributed by atoms with E-state index in [1.165, 1.54) is 11.8 Å². The molecule has 0 aliphatic rings. The van der Waals surface area contributed by atoms with Gasteiger partial charge in [0.15, 0.2) is 0 Å². The summed E-state index contributed by atoms with van der Waals surface area (Å²) in [7, 11) is 1.82. The molecule has 6 heteroatoms. The van der Waals surface area contributed by atoms with Gasteiger partial charge in [-0.05, 0) is 13.0 Å². The van der Waals surface area contributed by atoms with Crippen molar-refractivity contribution in [2.45, 2.75) is 24.5 Å². The van der Waals surface area contributed by atoms with Crippen molar-refractivity contribution in [1.82, 2.24) is 9.78 Å². The molecule has 84 valence electrons. The van der Waals surface area contributed by atoms with Crippen LogP contribution in [0.3, 0.4) is 0 Å². The molecule has 1 rings (SSSR count). The second kappa shape index (κ2) is 5.18. The molecule has 0 amide bonds. The van der Waals surface area contributed by atoms with Gasteiger partial charge in [0.25, 0.3) is 0 Å². The molecule has 0 spiro atoms. The molecule has 2 N–H and O–H groups in total. The average Bonchev–Trinajstić information content (AvgIpc) is 2.40. The van der Waals surface area contributed by atoms with Gasteiger partial charge in [-0.25, -0.2) is 0 Å². The van der Waals surface area contributed by atoms with Crippen LogP contribution >= 0.6 is 11.8 Å². The van der Waals surface area contributed by atoms with Crippen molar-refractivity contribution in [2.24, 2.45) is 7.05 Å². The highest BCUT2D eigenvalue weighted by atomic mass is 32.2. The van der Waals surface area contributed by atoms with Crippen molar-refractivity contribution in [3.63, 3.8) is 0 Å². The maximum Gasteiger partial charge on any atom is 0.306 e. The summed E-state index contributed by atoms with van der Waals surface area (Å²) in [5.74, 6) is -0.616. The summed E-state index contributed by atoms with van der Waals surface area (Å²) < 4.78 is 1.72. The van der Waals surface area contributed by atoms with Gasteiger partial charge in [-0.2, -0.15) is 5.10 Å². The molecule has 1 unspecified atom stereocenters. The lowest BCUT2D eigenvalue weighted by atomic mass is 10.3. The molecule has 1 aromatic heterocycles. The number of aliphatic hydroxyl groups is 1. The van der Waals surface area contributed by atoms with Gasteiger partial charge in [-0.1, -0.05) is 0 Å². The molecule has 0 aromatic carbocycles. The second-order valence-corrected chi connectivity index (χ2v) is 4.35. The van der Waals surface area contributed by atoms with E-state index in [2.05, 4.69) is 5.10 Å². The Morgan fingerprint density at radius 3 is 2.87 bits per heavy atom. The number of aliphatic carboxylic acids is 1. The van der Waals surface area contributed by atoms with E-state index in [-0.39, 0.29) is 6.42 Å². The van der Waals surface area contributed by atoms with E-state index in [1.807, 2.05) is 20.0 Å². The molecule has 15 heavy (non-hydrogen) atoms. The van der Waals surface area contributed by atoms with E-state index < -0.39 is 12.1 Å². The van der Waals surface area contributed by atoms with Crippen molar-refractivity contribution in [3.05, 3.63) is 11.8 Å². The highest BCUT2D eigenvalue weighted by Crippen LogP contribution is 2.19. The molecular formula is C9H14N2O3S. The van der Waals surface area contributed by atoms with Crippen LogP contribution in [0.4, 0.5) is 0 Å². The number of nitrogens with zero attached hydrogens (tertiary/aromatic N) is 2. The molecule has 0 saturated carbocycles. The number of carboxylic acid groups (broad SMARTS) is 1. The number of carboxylic acids is 1. The predicted octanol–water partition coefficient (Wildman–Crippen LogP) is 0.656. The molecule has 5 nitrogen and oxygen atoms in total. The number of rotatable bonds is 5. The van der Waals surface area contributed by atoms with Crippen molar-refractivity contribution >= 4 is 17.7 Å². The molecule has 0 bridgehead atoms. The Balaban J connectivity index is 2.43. The molecule has 1 aromatic rings. The number of carbonyl (C=O) groups is 1. The Morgan fingerprint density at radius 1 is 1.73 bits per heavy atom. The van der Waals surface area contributed by atoms with Crippen LogP contribution in [0.25, 0.3) is 0 Å². The zero-order valence-corrected chi connectivity index (χ0v) is 9.49. The Kier molecular flexibility index (Phi) is 4.16. The molecule has 0 radical (unpaired) electrons. The Hall–Kier alpha value is -1.01. The van der Waals surface area contributed by atoms with E-state index in [9.17, 15) is 9.90 Å². The summed E-state index contributed by atoms with van der Waals surface area (Å²) in [5.41, 5.74) is 0.910. The molecule has 0 saturated heterocycles. The van der Waals surface area contributed by atoms with Crippen molar-refractivity contribution < 1.29 is 15.0 Å². The van der Waals surface area contributed by atoms with Crippen LogP contribution in [0.5, 0.6) is 0 Å². The van der Waals surface area contributed by atoms with Gasteiger partial charge in [-0.15, -0.1) is 11.8 Å². The van der Waals surface area contributed by atoms with Gasteiger partial charge in [0.1, 0.15) is 0 Å². The topological polar surface area (TPSA) is 75.3 Å². The minimum atomic E-state index is -0.982. The maximum atomic E-state index is 10.3. The minimum Gasteiger partial charge on any atom is -0.481 e. The fraction of sp³-hybridized carbons (Fsp3) is 0.556. The minimum absolute atomic E-state index is 0.218. The first-order chi connectivity index (χ1) is 6.99. The first-order valence-electron chi connectivity index (χ1n) is 4.52. The first-order valence-corrected chi connectivity index (χ1v) is 5.51. The lowest BCUT2D eigenvalue weighted by Gasteiger charge is -2.06.